The molecule has 3 heteroatoms. The first kappa shape index (κ1) is 12.8. The maximum Gasteiger partial charge on any atom is 0.129 e. The van der Waals surface area contributed by atoms with Gasteiger partial charge in [0.2, 0.25) is 0 Å². The fourth-order valence-electron chi connectivity index (χ4n) is 2.34. The zero-order chi connectivity index (χ0) is 12.3. The van der Waals surface area contributed by atoms with E-state index in [0.717, 1.165) is 29.4 Å². The summed E-state index contributed by atoms with van der Waals surface area (Å²) in [6.07, 6.45) is 5.63. The van der Waals surface area contributed by atoms with E-state index in [1.807, 2.05) is 12.1 Å². The lowest BCUT2D eigenvalue weighted by Gasteiger charge is -2.20. The number of rotatable bonds is 4. The van der Waals surface area contributed by atoms with Crippen molar-refractivity contribution >= 4 is 15.9 Å². The van der Waals surface area contributed by atoms with Gasteiger partial charge in [0.1, 0.15) is 5.82 Å². The first-order chi connectivity index (χ1) is 8.22. The van der Waals surface area contributed by atoms with Crippen LogP contribution >= 0.6 is 15.9 Å². The van der Waals surface area contributed by atoms with Gasteiger partial charge in [0.25, 0.3) is 0 Å². The number of allylic oxidation sites excluding steroid dienone is 1. The fourth-order valence-corrected chi connectivity index (χ4v) is 2.67. The zero-order valence-corrected chi connectivity index (χ0v) is 11.6. The predicted octanol–water partition coefficient (Wildman–Crippen LogP) is 4.35. The molecule has 1 nitrogen and oxygen atoms in total. The molecule has 17 heavy (non-hydrogen) atoms. The molecule has 0 aliphatic heterocycles. The summed E-state index contributed by atoms with van der Waals surface area (Å²) in [5, 5.41) is 3.38. The van der Waals surface area contributed by atoms with Crippen LogP contribution in [0.25, 0.3) is 0 Å². The van der Waals surface area contributed by atoms with E-state index in [0.29, 0.717) is 0 Å². The van der Waals surface area contributed by atoms with Gasteiger partial charge in [-0.2, -0.15) is 0 Å². The largest absolute Gasteiger partial charge is 0.307 e. The van der Waals surface area contributed by atoms with Crippen LogP contribution in [0.1, 0.15) is 37.8 Å². The molecule has 1 unspecified atom stereocenters. The van der Waals surface area contributed by atoms with Gasteiger partial charge in [0.15, 0.2) is 0 Å². The van der Waals surface area contributed by atoms with Crippen molar-refractivity contribution in [2.24, 2.45) is 0 Å². The Bertz CT molecular complexity index is 428. The van der Waals surface area contributed by atoms with Gasteiger partial charge in [0, 0.05) is 10.0 Å². The standard InChI is InChI=1S/C14H17BrFN/c1-2-17-14(10-5-3-4-6-10)12-8-7-11(15)9-13(12)16/h5,7-9,14,17H,2-4,6H2,1H3. The molecule has 0 radical (unpaired) electrons. The molecular formula is C14H17BrFN. The molecule has 1 N–H and O–H groups in total. The van der Waals surface area contributed by atoms with Crippen molar-refractivity contribution in [2.45, 2.75) is 32.2 Å². The highest BCUT2D eigenvalue weighted by atomic mass is 79.9. The maximum absolute atomic E-state index is 14.0. The van der Waals surface area contributed by atoms with Gasteiger partial charge in [0.05, 0.1) is 6.04 Å². The van der Waals surface area contributed by atoms with Crippen molar-refractivity contribution in [1.29, 1.82) is 0 Å². The Morgan fingerprint density at radius 1 is 1.47 bits per heavy atom. The lowest BCUT2D eigenvalue weighted by atomic mass is 9.97. The number of benzene rings is 1. The Kier molecular flexibility index (Phi) is 4.35. The molecule has 1 aliphatic carbocycles. The molecule has 0 heterocycles. The smallest absolute Gasteiger partial charge is 0.129 e. The second-order valence-corrected chi connectivity index (χ2v) is 5.24. The van der Waals surface area contributed by atoms with E-state index in [9.17, 15) is 4.39 Å². The quantitative estimate of drug-likeness (QED) is 0.815. The highest BCUT2D eigenvalue weighted by molar-refractivity contribution is 9.10. The summed E-state index contributed by atoms with van der Waals surface area (Å²) >= 11 is 3.29. The summed E-state index contributed by atoms with van der Waals surface area (Å²) in [6, 6.07) is 5.34. The molecule has 1 atom stereocenters. The molecule has 1 aromatic rings. The summed E-state index contributed by atoms with van der Waals surface area (Å²) < 4.78 is 14.8. The summed E-state index contributed by atoms with van der Waals surface area (Å²) in [7, 11) is 0. The summed E-state index contributed by atoms with van der Waals surface area (Å²) in [6.45, 7) is 2.90. The van der Waals surface area contributed by atoms with Crippen LogP contribution < -0.4 is 5.32 Å². The van der Waals surface area contributed by atoms with E-state index < -0.39 is 0 Å². The highest BCUT2D eigenvalue weighted by Crippen LogP contribution is 2.32. The van der Waals surface area contributed by atoms with Gasteiger partial charge >= 0.3 is 0 Å². The second kappa shape index (κ2) is 5.78. The van der Waals surface area contributed by atoms with Gasteiger partial charge in [-0.05, 0) is 37.9 Å². The van der Waals surface area contributed by atoms with Crippen LogP contribution in [-0.2, 0) is 0 Å². The second-order valence-electron chi connectivity index (χ2n) is 4.33. The van der Waals surface area contributed by atoms with Crippen molar-refractivity contribution in [2.75, 3.05) is 6.54 Å². The summed E-state index contributed by atoms with van der Waals surface area (Å²) in [4.78, 5) is 0. The van der Waals surface area contributed by atoms with Crippen LogP contribution in [0, 0.1) is 5.82 Å². The van der Waals surface area contributed by atoms with Crippen LogP contribution in [0.2, 0.25) is 0 Å². The van der Waals surface area contributed by atoms with E-state index in [2.05, 4.69) is 34.2 Å². The van der Waals surface area contributed by atoms with Crippen LogP contribution in [0.15, 0.2) is 34.3 Å². The van der Waals surface area contributed by atoms with Crippen LogP contribution in [0.4, 0.5) is 4.39 Å². The SMILES string of the molecule is CCNC(C1=CCCC1)c1ccc(Br)cc1F. The molecule has 2 rings (SSSR count). The summed E-state index contributed by atoms with van der Waals surface area (Å²) in [5.41, 5.74) is 2.08. The molecule has 0 amide bonds. The molecule has 1 aliphatic rings. The molecule has 0 aromatic heterocycles. The lowest BCUT2D eigenvalue weighted by Crippen LogP contribution is -2.23. The monoisotopic (exact) mass is 297 g/mol. The fraction of sp³-hybridized carbons (Fsp3) is 0.429. The van der Waals surface area contributed by atoms with Crippen molar-refractivity contribution in [3.63, 3.8) is 0 Å². The minimum atomic E-state index is -0.141. The van der Waals surface area contributed by atoms with E-state index in [1.165, 1.54) is 18.1 Å². The number of hydrogen-bond donors (Lipinski definition) is 1. The molecular weight excluding hydrogens is 281 g/mol. The van der Waals surface area contributed by atoms with Crippen molar-refractivity contribution in [1.82, 2.24) is 5.32 Å². The van der Waals surface area contributed by atoms with Gasteiger partial charge in [-0.15, -0.1) is 0 Å². The van der Waals surface area contributed by atoms with Crippen molar-refractivity contribution in [3.05, 3.63) is 45.7 Å². The third-order valence-corrected chi connectivity index (χ3v) is 3.62. The van der Waals surface area contributed by atoms with Gasteiger partial charge in [-0.1, -0.05) is 40.6 Å². The first-order valence-corrected chi connectivity index (χ1v) is 6.89. The molecule has 0 saturated heterocycles. The molecule has 0 spiro atoms. The molecule has 0 saturated carbocycles. The zero-order valence-electron chi connectivity index (χ0n) is 9.97. The maximum atomic E-state index is 14.0. The average molecular weight is 298 g/mol. The Morgan fingerprint density at radius 3 is 2.88 bits per heavy atom. The third-order valence-electron chi connectivity index (χ3n) is 3.13. The minimum Gasteiger partial charge on any atom is -0.307 e. The van der Waals surface area contributed by atoms with E-state index in [-0.39, 0.29) is 11.9 Å². The Labute approximate surface area is 110 Å². The number of likely N-dealkylation sites (N-methyl/N-ethyl adjacent to an activating group) is 1. The number of hydrogen-bond acceptors (Lipinski definition) is 1. The Morgan fingerprint density at radius 2 is 2.29 bits per heavy atom. The molecule has 0 fully saturated rings. The Hall–Kier alpha value is -0.670. The first-order valence-electron chi connectivity index (χ1n) is 6.09. The number of nitrogens with one attached hydrogen (secondary N) is 1. The third kappa shape index (κ3) is 2.96. The van der Waals surface area contributed by atoms with Crippen LogP contribution in [-0.4, -0.2) is 6.54 Å². The topological polar surface area (TPSA) is 12.0 Å². The average Bonchev–Trinajstić information content (AvgIpc) is 2.80. The molecule has 1 aromatic carbocycles. The van der Waals surface area contributed by atoms with Crippen molar-refractivity contribution < 1.29 is 4.39 Å². The minimum absolute atomic E-state index is 0.0376. The lowest BCUT2D eigenvalue weighted by molar-refractivity contribution is 0.547. The highest BCUT2D eigenvalue weighted by Gasteiger charge is 2.20. The van der Waals surface area contributed by atoms with Crippen LogP contribution in [0.3, 0.4) is 0 Å². The van der Waals surface area contributed by atoms with E-state index in [1.54, 1.807) is 0 Å². The molecule has 0 bridgehead atoms. The Balaban J connectivity index is 2.31. The van der Waals surface area contributed by atoms with Gasteiger partial charge in [-0.25, -0.2) is 4.39 Å². The summed E-state index contributed by atoms with van der Waals surface area (Å²) in [5.74, 6) is -0.141. The molecule has 92 valence electrons. The normalized spacial score (nSPS) is 17.0. The van der Waals surface area contributed by atoms with Gasteiger partial charge in [-0.3, -0.25) is 0 Å². The van der Waals surface area contributed by atoms with E-state index >= 15 is 0 Å². The predicted molar refractivity (Wildman–Crippen MR) is 72.5 cm³/mol. The van der Waals surface area contributed by atoms with Crippen LogP contribution in [0.5, 0.6) is 0 Å². The number of halogens is 2. The van der Waals surface area contributed by atoms with E-state index in [4.69, 9.17) is 0 Å². The van der Waals surface area contributed by atoms with Gasteiger partial charge < -0.3 is 5.32 Å². The van der Waals surface area contributed by atoms with Crippen molar-refractivity contribution in [3.8, 4) is 0 Å².